The van der Waals surface area contributed by atoms with E-state index in [1.807, 2.05) is 30.5 Å². The molecule has 2 fully saturated rings. The molecule has 2 N–H and O–H groups in total. The summed E-state index contributed by atoms with van der Waals surface area (Å²) in [6.07, 6.45) is 5.17. The lowest BCUT2D eigenvalue weighted by Gasteiger charge is -2.40. The molecule has 0 bridgehead atoms. The zero-order valence-corrected chi connectivity index (χ0v) is 16.9. The van der Waals surface area contributed by atoms with E-state index in [0.717, 1.165) is 54.0 Å². The number of aromatic amines is 1. The number of carboxylic acid groups (broad SMARTS) is 1. The molecule has 2 aliphatic heterocycles. The molecule has 1 aromatic carbocycles. The van der Waals surface area contributed by atoms with Gasteiger partial charge in [-0.25, -0.2) is 14.8 Å². The van der Waals surface area contributed by atoms with Crippen molar-refractivity contribution in [2.24, 2.45) is 5.92 Å². The van der Waals surface area contributed by atoms with Crippen molar-refractivity contribution in [3.63, 3.8) is 0 Å². The first-order valence-corrected chi connectivity index (χ1v) is 10.3. The van der Waals surface area contributed by atoms with Crippen LogP contribution in [0.3, 0.4) is 0 Å². The van der Waals surface area contributed by atoms with Crippen LogP contribution in [0.5, 0.6) is 5.75 Å². The number of amides is 1. The molecule has 1 amide bonds. The number of rotatable bonds is 4. The molecule has 2 aromatic heterocycles. The van der Waals surface area contributed by atoms with Gasteiger partial charge in [0, 0.05) is 25.2 Å². The number of aromatic nitrogens is 3. The van der Waals surface area contributed by atoms with Crippen LogP contribution in [0.25, 0.3) is 11.0 Å². The van der Waals surface area contributed by atoms with Gasteiger partial charge in [-0.05, 0) is 37.0 Å². The molecule has 0 saturated carbocycles. The minimum absolute atomic E-state index is 0.0786. The summed E-state index contributed by atoms with van der Waals surface area (Å²) in [5.74, 6) is 1.87. The van der Waals surface area contributed by atoms with E-state index in [1.54, 1.807) is 18.3 Å². The van der Waals surface area contributed by atoms with E-state index in [1.165, 1.54) is 0 Å². The molecule has 2 aliphatic rings. The zero-order valence-electron chi connectivity index (χ0n) is 16.9. The summed E-state index contributed by atoms with van der Waals surface area (Å²) in [5, 5.41) is 10.9. The quantitative estimate of drug-likeness (QED) is 0.690. The molecule has 8 nitrogen and oxygen atoms in total. The molecule has 0 radical (unpaired) electrons. The van der Waals surface area contributed by atoms with Crippen LogP contribution in [-0.2, 0) is 6.42 Å². The zero-order chi connectivity index (χ0) is 20.7. The Hall–Kier alpha value is -3.29. The fourth-order valence-electron chi connectivity index (χ4n) is 5.30. The lowest BCUT2D eigenvalue weighted by atomic mass is 9.86. The van der Waals surface area contributed by atoms with E-state index < -0.39 is 6.09 Å². The van der Waals surface area contributed by atoms with Crippen LogP contribution in [0.2, 0.25) is 0 Å². The number of piperidine rings is 1. The monoisotopic (exact) mass is 407 g/mol. The van der Waals surface area contributed by atoms with Gasteiger partial charge in [-0.2, -0.15) is 0 Å². The van der Waals surface area contributed by atoms with E-state index in [9.17, 15) is 9.90 Å². The number of likely N-dealkylation sites (tertiary alicyclic amines) is 1. The summed E-state index contributed by atoms with van der Waals surface area (Å²) >= 11 is 0. The molecule has 8 heteroatoms. The summed E-state index contributed by atoms with van der Waals surface area (Å²) in [6.45, 7) is 1.32. The van der Waals surface area contributed by atoms with Crippen molar-refractivity contribution in [1.29, 1.82) is 0 Å². The molecule has 2 saturated heterocycles. The van der Waals surface area contributed by atoms with Gasteiger partial charge in [-0.15, -0.1) is 0 Å². The number of nitrogens with zero attached hydrogens (tertiary/aromatic N) is 4. The van der Waals surface area contributed by atoms with Gasteiger partial charge in [-0.3, -0.25) is 0 Å². The summed E-state index contributed by atoms with van der Waals surface area (Å²) < 4.78 is 5.56. The van der Waals surface area contributed by atoms with Crippen LogP contribution in [-0.4, -0.2) is 63.3 Å². The second-order valence-corrected chi connectivity index (χ2v) is 8.04. The molecule has 156 valence electrons. The average Bonchev–Trinajstić information content (AvgIpc) is 3.39. The van der Waals surface area contributed by atoms with Gasteiger partial charge in [0.2, 0.25) is 0 Å². The molecule has 4 heterocycles. The van der Waals surface area contributed by atoms with Crippen molar-refractivity contribution >= 4 is 22.9 Å². The number of hydrogen-bond donors (Lipinski definition) is 2. The highest BCUT2D eigenvalue weighted by Gasteiger charge is 2.49. The molecule has 0 spiro atoms. The number of nitrogens with one attached hydrogen (secondary N) is 1. The molecular weight excluding hydrogens is 382 g/mol. The number of anilines is 1. The molecule has 5 rings (SSSR count). The fourth-order valence-corrected chi connectivity index (χ4v) is 5.30. The minimum atomic E-state index is -0.842. The first-order chi connectivity index (χ1) is 14.7. The van der Waals surface area contributed by atoms with Crippen LogP contribution in [0.15, 0.2) is 42.9 Å². The molecule has 3 atom stereocenters. The second-order valence-electron chi connectivity index (χ2n) is 8.04. The van der Waals surface area contributed by atoms with Gasteiger partial charge in [0.25, 0.3) is 0 Å². The molecule has 3 aromatic rings. The predicted molar refractivity (Wildman–Crippen MR) is 113 cm³/mol. The largest absolute Gasteiger partial charge is 0.496 e. The summed E-state index contributed by atoms with van der Waals surface area (Å²) in [6, 6.07) is 10.0. The Labute approximate surface area is 174 Å². The Morgan fingerprint density at radius 1 is 1.30 bits per heavy atom. The predicted octanol–water partition coefficient (Wildman–Crippen LogP) is 3.16. The normalized spacial score (nSPS) is 23.6. The molecular formula is C22H25N5O3. The van der Waals surface area contributed by atoms with E-state index >= 15 is 0 Å². The third kappa shape index (κ3) is 3.03. The van der Waals surface area contributed by atoms with Crippen molar-refractivity contribution in [3.05, 3.63) is 48.4 Å². The summed E-state index contributed by atoms with van der Waals surface area (Å²) in [7, 11) is 1.68. The van der Waals surface area contributed by atoms with E-state index in [2.05, 4.69) is 25.9 Å². The van der Waals surface area contributed by atoms with Crippen molar-refractivity contribution < 1.29 is 14.6 Å². The van der Waals surface area contributed by atoms with Gasteiger partial charge in [0.05, 0.1) is 24.6 Å². The first kappa shape index (κ1) is 18.7. The number of carbonyl (C=O) groups is 1. The van der Waals surface area contributed by atoms with E-state index in [4.69, 9.17) is 4.74 Å². The van der Waals surface area contributed by atoms with Crippen molar-refractivity contribution in [2.45, 2.75) is 31.3 Å². The maximum Gasteiger partial charge on any atom is 0.407 e. The van der Waals surface area contributed by atoms with Gasteiger partial charge < -0.3 is 24.6 Å². The van der Waals surface area contributed by atoms with Gasteiger partial charge in [0.1, 0.15) is 23.5 Å². The summed E-state index contributed by atoms with van der Waals surface area (Å²) in [4.78, 5) is 28.1. The van der Waals surface area contributed by atoms with Crippen LogP contribution in [0.4, 0.5) is 10.6 Å². The van der Waals surface area contributed by atoms with Crippen LogP contribution < -0.4 is 9.64 Å². The standard InChI is InChI=1S/C22H25N5O3/c1-30-18-7-3-2-5-14(18)11-15-12-27(17-6-4-10-26(19(15)17)22(28)29)21-16-8-9-23-20(16)24-13-25-21/h2-3,5,7-9,13,15,17,19H,4,6,10-12H2,1H3,(H,28,29)(H,23,24,25). The van der Waals surface area contributed by atoms with Crippen molar-refractivity contribution in [3.8, 4) is 5.75 Å². The number of hydrogen-bond acceptors (Lipinski definition) is 5. The van der Waals surface area contributed by atoms with Gasteiger partial charge >= 0.3 is 6.09 Å². The SMILES string of the molecule is COc1ccccc1CC1CN(c2ncnc3[nH]ccc23)C2CCCN(C(=O)O)C12. The van der Waals surface area contributed by atoms with Crippen LogP contribution >= 0.6 is 0 Å². The Kier molecular flexibility index (Phi) is 4.69. The highest BCUT2D eigenvalue weighted by molar-refractivity contribution is 5.87. The van der Waals surface area contributed by atoms with Crippen LogP contribution in [0, 0.1) is 5.92 Å². The van der Waals surface area contributed by atoms with Gasteiger partial charge in [0.15, 0.2) is 0 Å². The fraction of sp³-hybridized carbons (Fsp3) is 0.409. The first-order valence-electron chi connectivity index (χ1n) is 10.3. The summed E-state index contributed by atoms with van der Waals surface area (Å²) in [5.41, 5.74) is 1.91. The number of methoxy groups -OCH3 is 1. The number of fused-ring (bicyclic) bond motifs is 2. The maximum absolute atomic E-state index is 12.1. The number of benzene rings is 1. The third-order valence-corrected chi connectivity index (χ3v) is 6.49. The maximum atomic E-state index is 12.1. The van der Waals surface area contributed by atoms with Crippen molar-refractivity contribution in [2.75, 3.05) is 25.1 Å². The van der Waals surface area contributed by atoms with E-state index in [-0.39, 0.29) is 18.0 Å². The molecule has 30 heavy (non-hydrogen) atoms. The Balaban J connectivity index is 1.54. The Bertz CT molecular complexity index is 1070. The Morgan fingerprint density at radius 3 is 3.00 bits per heavy atom. The van der Waals surface area contributed by atoms with Crippen LogP contribution in [0.1, 0.15) is 18.4 Å². The number of H-pyrrole nitrogens is 1. The number of ether oxygens (including phenoxy) is 1. The van der Waals surface area contributed by atoms with E-state index in [0.29, 0.717) is 6.54 Å². The highest BCUT2D eigenvalue weighted by atomic mass is 16.5. The number of para-hydroxylation sites is 1. The second kappa shape index (κ2) is 7.51. The lowest BCUT2D eigenvalue weighted by Crippen LogP contribution is -2.53. The molecule has 0 aliphatic carbocycles. The lowest BCUT2D eigenvalue weighted by molar-refractivity contribution is 0.0899. The smallest absolute Gasteiger partial charge is 0.407 e. The minimum Gasteiger partial charge on any atom is -0.496 e. The topological polar surface area (TPSA) is 94.6 Å². The highest BCUT2D eigenvalue weighted by Crippen LogP contribution is 2.40. The third-order valence-electron chi connectivity index (χ3n) is 6.49. The average molecular weight is 407 g/mol. The molecule has 3 unspecified atom stereocenters. The Morgan fingerprint density at radius 2 is 2.17 bits per heavy atom. The van der Waals surface area contributed by atoms with Gasteiger partial charge in [-0.1, -0.05) is 18.2 Å². The van der Waals surface area contributed by atoms with Crippen molar-refractivity contribution in [1.82, 2.24) is 19.9 Å².